The van der Waals surface area contributed by atoms with Crippen LogP contribution in [0, 0.1) is 0 Å². The number of hydrogen-bond acceptors (Lipinski definition) is 3. The molecule has 1 aliphatic rings. The molecule has 5 heteroatoms. The van der Waals surface area contributed by atoms with Gasteiger partial charge in [0.05, 0.1) is 6.10 Å². The SMILES string of the molecule is CC(C)(C)c1cc(NC(=O)CC[C@@H]2CCCO2)n[nH]1. The third-order valence-corrected chi connectivity index (χ3v) is 3.37. The maximum absolute atomic E-state index is 11.8. The first-order chi connectivity index (χ1) is 8.95. The van der Waals surface area contributed by atoms with Gasteiger partial charge in [-0.2, -0.15) is 5.10 Å². The highest BCUT2D eigenvalue weighted by atomic mass is 16.5. The number of hydrogen-bond donors (Lipinski definition) is 2. The van der Waals surface area contributed by atoms with E-state index in [1.165, 1.54) is 0 Å². The number of ether oxygens (including phenoxy) is 1. The minimum Gasteiger partial charge on any atom is -0.378 e. The first-order valence-corrected chi connectivity index (χ1v) is 6.92. The fraction of sp³-hybridized carbons (Fsp3) is 0.714. The molecule has 0 unspecified atom stereocenters. The Labute approximate surface area is 114 Å². The number of amides is 1. The third kappa shape index (κ3) is 4.06. The summed E-state index contributed by atoms with van der Waals surface area (Å²) in [6.45, 7) is 7.14. The van der Waals surface area contributed by atoms with Crippen molar-refractivity contribution in [2.45, 2.75) is 58.0 Å². The predicted molar refractivity (Wildman–Crippen MR) is 74.1 cm³/mol. The Hall–Kier alpha value is -1.36. The lowest BCUT2D eigenvalue weighted by Gasteiger charge is -2.14. The molecule has 0 spiro atoms. The lowest BCUT2D eigenvalue weighted by molar-refractivity contribution is -0.116. The number of nitrogens with one attached hydrogen (secondary N) is 2. The van der Waals surface area contributed by atoms with Crippen molar-refractivity contribution in [3.05, 3.63) is 11.8 Å². The van der Waals surface area contributed by atoms with Gasteiger partial charge in [0.15, 0.2) is 5.82 Å². The van der Waals surface area contributed by atoms with E-state index in [2.05, 4.69) is 36.3 Å². The molecule has 1 fully saturated rings. The van der Waals surface area contributed by atoms with E-state index in [4.69, 9.17) is 4.74 Å². The molecule has 0 saturated carbocycles. The van der Waals surface area contributed by atoms with Crippen molar-refractivity contribution in [1.29, 1.82) is 0 Å². The van der Waals surface area contributed by atoms with Crippen LogP contribution in [0.1, 0.15) is 52.1 Å². The maximum atomic E-state index is 11.8. The zero-order valence-corrected chi connectivity index (χ0v) is 12.0. The van der Waals surface area contributed by atoms with Crippen LogP contribution in [-0.4, -0.2) is 28.8 Å². The van der Waals surface area contributed by atoms with Crippen molar-refractivity contribution in [3.63, 3.8) is 0 Å². The van der Waals surface area contributed by atoms with Gasteiger partial charge in [0, 0.05) is 30.2 Å². The highest BCUT2D eigenvalue weighted by Gasteiger charge is 2.19. The Morgan fingerprint density at radius 2 is 2.37 bits per heavy atom. The molecule has 1 atom stereocenters. The molecule has 1 saturated heterocycles. The molecule has 0 radical (unpaired) electrons. The maximum Gasteiger partial charge on any atom is 0.225 e. The van der Waals surface area contributed by atoms with Crippen molar-refractivity contribution >= 4 is 11.7 Å². The lowest BCUT2D eigenvalue weighted by Crippen LogP contribution is -2.15. The molecule has 5 nitrogen and oxygen atoms in total. The van der Waals surface area contributed by atoms with Gasteiger partial charge in [-0.05, 0) is 19.3 Å². The highest BCUT2D eigenvalue weighted by molar-refractivity contribution is 5.89. The van der Waals surface area contributed by atoms with Crippen LogP contribution in [0.3, 0.4) is 0 Å². The molecular weight excluding hydrogens is 242 g/mol. The predicted octanol–water partition coefficient (Wildman–Crippen LogP) is 2.60. The number of rotatable bonds is 4. The molecule has 0 aliphatic carbocycles. The van der Waals surface area contributed by atoms with Crippen molar-refractivity contribution in [1.82, 2.24) is 10.2 Å². The van der Waals surface area contributed by atoms with Crippen molar-refractivity contribution in [2.75, 3.05) is 11.9 Å². The molecule has 2 heterocycles. The summed E-state index contributed by atoms with van der Waals surface area (Å²) in [7, 11) is 0. The third-order valence-electron chi connectivity index (χ3n) is 3.37. The molecular formula is C14H23N3O2. The van der Waals surface area contributed by atoms with Gasteiger partial charge in [-0.1, -0.05) is 20.8 Å². The average Bonchev–Trinajstić information content (AvgIpc) is 2.95. The molecule has 1 aromatic rings. The fourth-order valence-corrected chi connectivity index (χ4v) is 2.14. The Balaban J connectivity index is 1.80. The Bertz CT molecular complexity index is 428. The Morgan fingerprint density at radius 1 is 1.58 bits per heavy atom. The molecule has 0 bridgehead atoms. The van der Waals surface area contributed by atoms with Crippen molar-refractivity contribution in [2.24, 2.45) is 0 Å². The van der Waals surface area contributed by atoms with Crippen LogP contribution < -0.4 is 5.32 Å². The second kappa shape index (κ2) is 5.74. The number of carbonyl (C=O) groups excluding carboxylic acids is 1. The number of carbonyl (C=O) groups is 1. The second-order valence-corrected chi connectivity index (χ2v) is 6.14. The normalized spacial score (nSPS) is 19.6. The summed E-state index contributed by atoms with van der Waals surface area (Å²) in [6, 6.07) is 1.89. The summed E-state index contributed by atoms with van der Waals surface area (Å²) in [4.78, 5) is 11.8. The molecule has 1 amide bonds. The molecule has 1 aliphatic heterocycles. The Kier molecular flexibility index (Phi) is 4.24. The minimum absolute atomic E-state index is 0.00228. The molecule has 1 aromatic heterocycles. The largest absolute Gasteiger partial charge is 0.378 e. The topological polar surface area (TPSA) is 67.0 Å². The lowest BCUT2D eigenvalue weighted by atomic mass is 9.92. The van der Waals surface area contributed by atoms with Gasteiger partial charge in [0.1, 0.15) is 0 Å². The number of nitrogens with zero attached hydrogens (tertiary/aromatic N) is 1. The quantitative estimate of drug-likeness (QED) is 0.879. The first-order valence-electron chi connectivity index (χ1n) is 6.92. The van der Waals surface area contributed by atoms with Crippen LogP contribution in [0.4, 0.5) is 5.82 Å². The first kappa shape index (κ1) is 14.1. The van der Waals surface area contributed by atoms with Gasteiger partial charge >= 0.3 is 0 Å². The zero-order chi connectivity index (χ0) is 13.9. The average molecular weight is 265 g/mol. The van der Waals surface area contributed by atoms with E-state index in [0.29, 0.717) is 12.2 Å². The molecule has 2 N–H and O–H groups in total. The smallest absolute Gasteiger partial charge is 0.225 e. The van der Waals surface area contributed by atoms with E-state index in [1.54, 1.807) is 0 Å². The van der Waals surface area contributed by atoms with E-state index >= 15 is 0 Å². The zero-order valence-electron chi connectivity index (χ0n) is 12.0. The number of aromatic amines is 1. The van der Waals surface area contributed by atoms with Crippen LogP contribution in [-0.2, 0) is 14.9 Å². The summed E-state index contributed by atoms with van der Waals surface area (Å²) < 4.78 is 5.50. The summed E-state index contributed by atoms with van der Waals surface area (Å²) >= 11 is 0. The van der Waals surface area contributed by atoms with E-state index in [9.17, 15) is 4.79 Å². The van der Waals surface area contributed by atoms with Crippen LogP contribution in [0.5, 0.6) is 0 Å². The van der Waals surface area contributed by atoms with E-state index in [0.717, 1.165) is 31.6 Å². The van der Waals surface area contributed by atoms with E-state index < -0.39 is 0 Å². The second-order valence-electron chi connectivity index (χ2n) is 6.14. The molecule has 19 heavy (non-hydrogen) atoms. The fourth-order valence-electron chi connectivity index (χ4n) is 2.14. The number of H-pyrrole nitrogens is 1. The summed E-state index contributed by atoms with van der Waals surface area (Å²) in [5.41, 5.74) is 1.02. The van der Waals surface area contributed by atoms with Gasteiger partial charge in [-0.3, -0.25) is 9.89 Å². The van der Waals surface area contributed by atoms with Crippen molar-refractivity contribution < 1.29 is 9.53 Å². The molecule has 106 valence electrons. The van der Waals surface area contributed by atoms with Gasteiger partial charge in [-0.25, -0.2) is 0 Å². The Morgan fingerprint density at radius 3 is 2.95 bits per heavy atom. The highest BCUT2D eigenvalue weighted by Crippen LogP contribution is 2.22. The van der Waals surface area contributed by atoms with Gasteiger partial charge < -0.3 is 10.1 Å². The van der Waals surface area contributed by atoms with Gasteiger partial charge in [0.25, 0.3) is 0 Å². The molecule has 0 aromatic carbocycles. The van der Waals surface area contributed by atoms with Crippen LogP contribution in [0.15, 0.2) is 6.07 Å². The van der Waals surface area contributed by atoms with Gasteiger partial charge in [0.2, 0.25) is 5.91 Å². The number of aromatic nitrogens is 2. The minimum atomic E-state index is 0.00228. The van der Waals surface area contributed by atoms with Crippen molar-refractivity contribution in [3.8, 4) is 0 Å². The monoisotopic (exact) mass is 265 g/mol. The summed E-state index contributed by atoms with van der Waals surface area (Å²) in [5.74, 6) is 0.602. The van der Waals surface area contributed by atoms with Crippen LogP contribution >= 0.6 is 0 Å². The number of anilines is 1. The van der Waals surface area contributed by atoms with Crippen LogP contribution in [0.25, 0.3) is 0 Å². The standard InChI is InChI=1S/C14H23N3O2/c1-14(2,3)11-9-12(17-16-11)15-13(18)7-6-10-5-4-8-19-10/h9-10H,4-8H2,1-3H3,(H2,15,16,17,18)/t10-/m0/s1. The van der Waals surface area contributed by atoms with E-state index in [1.807, 2.05) is 6.07 Å². The van der Waals surface area contributed by atoms with Gasteiger partial charge in [-0.15, -0.1) is 0 Å². The summed E-state index contributed by atoms with van der Waals surface area (Å²) in [5, 5.41) is 9.89. The summed E-state index contributed by atoms with van der Waals surface area (Å²) in [6.07, 6.45) is 3.73. The van der Waals surface area contributed by atoms with E-state index in [-0.39, 0.29) is 17.4 Å². The molecule has 2 rings (SSSR count). The van der Waals surface area contributed by atoms with Crippen LogP contribution in [0.2, 0.25) is 0 Å².